The van der Waals surface area contributed by atoms with Gasteiger partial charge in [-0.2, -0.15) is 0 Å². The van der Waals surface area contributed by atoms with E-state index in [1.54, 1.807) is 0 Å². The molecule has 6 heteroatoms. The van der Waals surface area contributed by atoms with Crippen LogP contribution in [0.25, 0.3) is 0 Å². The Morgan fingerprint density at radius 2 is 0.494 bits per heavy atom. The number of aliphatic hydroxyl groups is 2. The maximum absolute atomic E-state index is 12.6. The minimum Gasteiger partial charge on any atom is -0.466 e. The van der Waals surface area contributed by atoms with Gasteiger partial charge in [0.25, 0.3) is 0 Å². The van der Waals surface area contributed by atoms with Crippen LogP contribution in [0.3, 0.4) is 0 Å². The average Bonchev–Trinajstić information content (AvgIpc) is 3.49. The molecule has 0 fully saturated rings. The molecule has 2 atom stereocenters. The van der Waals surface area contributed by atoms with Gasteiger partial charge < -0.3 is 20.3 Å². The summed E-state index contributed by atoms with van der Waals surface area (Å²) in [5, 5.41) is 23.4. The van der Waals surface area contributed by atoms with Crippen LogP contribution in [0.2, 0.25) is 0 Å². The van der Waals surface area contributed by atoms with Gasteiger partial charge in [-0.15, -0.1) is 0 Å². The van der Waals surface area contributed by atoms with Crippen LogP contribution in [0.15, 0.2) is 0 Å². The second kappa shape index (κ2) is 73.3. The average molecular weight is 1170 g/mol. The van der Waals surface area contributed by atoms with E-state index in [9.17, 15) is 19.8 Å². The second-order valence-electron chi connectivity index (χ2n) is 27.1. The van der Waals surface area contributed by atoms with Crippen molar-refractivity contribution in [1.82, 2.24) is 5.32 Å². The number of unbranched alkanes of at least 4 members (excludes halogenated alkanes) is 63. The van der Waals surface area contributed by atoms with E-state index >= 15 is 0 Å². The summed E-state index contributed by atoms with van der Waals surface area (Å²) >= 11 is 0. The summed E-state index contributed by atoms with van der Waals surface area (Å²) in [6.07, 6.45) is 90.4. The van der Waals surface area contributed by atoms with Crippen molar-refractivity contribution in [1.29, 1.82) is 0 Å². The lowest BCUT2D eigenvalue weighted by atomic mass is 10.0. The van der Waals surface area contributed by atoms with Crippen molar-refractivity contribution < 1.29 is 24.5 Å². The van der Waals surface area contributed by atoms with E-state index in [4.69, 9.17) is 4.74 Å². The maximum Gasteiger partial charge on any atom is 0.305 e. The third-order valence-electron chi connectivity index (χ3n) is 18.7. The standard InChI is InChI=1S/C77H153NO5/c1-3-5-7-9-11-13-15-17-19-20-21-35-38-42-45-49-53-57-61-65-69-75(80)74(73-79)78-76(81)70-66-62-58-54-50-46-43-39-36-33-31-29-27-25-23-22-24-26-28-30-32-34-37-40-44-48-52-56-60-64-68-72-83-77(82)71-67-63-59-55-51-47-41-18-16-14-12-10-8-6-4-2/h74-75,79-80H,3-73H2,1-2H3,(H,78,81). The molecule has 83 heavy (non-hydrogen) atoms. The summed E-state index contributed by atoms with van der Waals surface area (Å²) in [7, 11) is 0. The summed E-state index contributed by atoms with van der Waals surface area (Å²) < 4.78 is 5.51. The molecule has 0 spiro atoms. The Kier molecular flexibility index (Phi) is 72.3. The Balaban J connectivity index is 3.31. The lowest BCUT2D eigenvalue weighted by Gasteiger charge is -2.22. The van der Waals surface area contributed by atoms with Crippen LogP contribution in [0.4, 0.5) is 0 Å². The SMILES string of the molecule is CCCCCCCCCCCCCCCCCCCCCCC(O)C(CO)NC(=O)CCCCCCCCCCCCCCCCCCCCCCCCCCCCCCCCCOC(=O)CCCCCCCCCCCCCCCCC. The number of ether oxygens (including phenoxy) is 1. The Labute approximate surface area is 521 Å². The van der Waals surface area contributed by atoms with Crippen molar-refractivity contribution in [3.05, 3.63) is 0 Å². The van der Waals surface area contributed by atoms with Crippen molar-refractivity contribution in [3.63, 3.8) is 0 Å². The van der Waals surface area contributed by atoms with Gasteiger partial charge in [0, 0.05) is 12.8 Å². The Hall–Kier alpha value is -1.14. The quantitative estimate of drug-likeness (QED) is 0.0417. The molecule has 0 heterocycles. The highest BCUT2D eigenvalue weighted by Crippen LogP contribution is 2.20. The normalized spacial score (nSPS) is 12.4. The van der Waals surface area contributed by atoms with E-state index < -0.39 is 12.1 Å². The number of amides is 1. The van der Waals surface area contributed by atoms with Crippen molar-refractivity contribution in [2.24, 2.45) is 0 Å². The lowest BCUT2D eigenvalue weighted by Crippen LogP contribution is -2.45. The van der Waals surface area contributed by atoms with Gasteiger partial charge in [0.15, 0.2) is 0 Å². The van der Waals surface area contributed by atoms with E-state index in [1.165, 1.54) is 385 Å². The van der Waals surface area contributed by atoms with Crippen LogP contribution in [-0.2, 0) is 14.3 Å². The minimum atomic E-state index is -0.661. The summed E-state index contributed by atoms with van der Waals surface area (Å²) in [6, 6.07) is -0.538. The summed E-state index contributed by atoms with van der Waals surface area (Å²) in [5.74, 6) is 0.0000982. The van der Waals surface area contributed by atoms with Gasteiger partial charge in [-0.1, -0.05) is 418 Å². The topological polar surface area (TPSA) is 95.9 Å². The molecule has 0 bridgehead atoms. The third kappa shape index (κ3) is 69.8. The predicted molar refractivity (Wildman–Crippen MR) is 366 cm³/mol. The molecule has 0 aliphatic carbocycles. The van der Waals surface area contributed by atoms with Crippen LogP contribution >= 0.6 is 0 Å². The van der Waals surface area contributed by atoms with Gasteiger partial charge >= 0.3 is 5.97 Å². The molecule has 2 unspecified atom stereocenters. The first-order valence-electron chi connectivity index (χ1n) is 38.8. The molecular weight excluding hydrogens is 1020 g/mol. The van der Waals surface area contributed by atoms with E-state index in [-0.39, 0.29) is 18.5 Å². The second-order valence-corrected chi connectivity index (χ2v) is 27.1. The highest BCUT2D eigenvalue weighted by atomic mass is 16.5. The first kappa shape index (κ1) is 81.9. The number of carbonyl (C=O) groups is 2. The molecule has 0 radical (unpaired) electrons. The number of hydrogen-bond acceptors (Lipinski definition) is 5. The molecule has 6 nitrogen and oxygen atoms in total. The first-order valence-corrected chi connectivity index (χ1v) is 38.8. The van der Waals surface area contributed by atoms with Crippen molar-refractivity contribution >= 4 is 11.9 Å². The predicted octanol–water partition coefficient (Wildman–Crippen LogP) is 25.3. The Morgan fingerprint density at radius 3 is 0.735 bits per heavy atom. The highest BCUT2D eigenvalue weighted by Gasteiger charge is 2.20. The largest absolute Gasteiger partial charge is 0.466 e. The molecule has 0 rings (SSSR count). The monoisotopic (exact) mass is 1170 g/mol. The van der Waals surface area contributed by atoms with E-state index in [2.05, 4.69) is 19.2 Å². The van der Waals surface area contributed by atoms with Crippen LogP contribution < -0.4 is 5.32 Å². The van der Waals surface area contributed by atoms with E-state index in [0.29, 0.717) is 25.9 Å². The fourth-order valence-corrected chi connectivity index (χ4v) is 12.8. The van der Waals surface area contributed by atoms with Crippen molar-refractivity contribution in [3.8, 4) is 0 Å². The summed E-state index contributed by atoms with van der Waals surface area (Å²) in [5.41, 5.74) is 0. The van der Waals surface area contributed by atoms with Gasteiger partial charge in [-0.05, 0) is 25.7 Å². The van der Waals surface area contributed by atoms with E-state index in [1.807, 2.05) is 0 Å². The van der Waals surface area contributed by atoms with Gasteiger partial charge in [0.1, 0.15) is 0 Å². The number of aliphatic hydroxyl groups excluding tert-OH is 2. The summed E-state index contributed by atoms with van der Waals surface area (Å²) in [4.78, 5) is 24.6. The number of hydrogen-bond donors (Lipinski definition) is 3. The Morgan fingerprint density at radius 1 is 0.289 bits per heavy atom. The zero-order valence-electron chi connectivity index (χ0n) is 57.0. The van der Waals surface area contributed by atoms with Crippen molar-refractivity contribution in [2.45, 2.75) is 469 Å². The van der Waals surface area contributed by atoms with Crippen LogP contribution in [0, 0.1) is 0 Å². The Bertz CT molecular complexity index is 1210. The maximum atomic E-state index is 12.6. The molecule has 0 aliphatic rings. The van der Waals surface area contributed by atoms with E-state index in [0.717, 1.165) is 38.5 Å². The number of rotatable bonds is 74. The molecule has 0 aromatic heterocycles. The first-order chi connectivity index (χ1) is 41.0. The zero-order chi connectivity index (χ0) is 59.9. The van der Waals surface area contributed by atoms with Gasteiger partial charge in [0.2, 0.25) is 5.91 Å². The lowest BCUT2D eigenvalue weighted by molar-refractivity contribution is -0.143. The highest BCUT2D eigenvalue weighted by molar-refractivity contribution is 5.76. The van der Waals surface area contributed by atoms with Gasteiger partial charge in [-0.25, -0.2) is 0 Å². The molecule has 0 aromatic rings. The van der Waals surface area contributed by atoms with Gasteiger partial charge in [0.05, 0.1) is 25.4 Å². The number of esters is 1. The van der Waals surface area contributed by atoms with Gasteiger partial charge in [-0.3, -0.25) is 9.59 Å². The fraction of sp³-hybridized carbons (Fsp3) is 0.974. The van der Waals surface area contributed by atoms with Crippen molar-refractivity contribution in [2.75, 3.05) is 13.2 Å². The molecule has 0 saturated heterocycles. The smallest absolute Gasteiger partial charge is 0.305 e. The van der Waals surface area contributed by atoms with Crippen LogP contribution in [0.1, 0.15) is 457 Å². The fourth-order valence-electron chi connectivity index (χ4n) is 12.8. The molecule has 0 aliphatic heterocycles. The van der Waals surface area contributed by atoms with Crippen LogP contribution in [0.5, 0.6) is 0 Å². The molecule has 1 amide bonds. The molecule has 496 valence electrons. The molecule has 0 saturated carbocycles. The minimum absolute atomic E-state index is 0.0250. The molecule has 0 aromatic carbocycles. The number of nitrogens with one attached hydrogen (secondary N) is 1. The molecular formula is C77H153NO5. The van der Waals surface area contributed by atoms with Crippen LogP contribution in [-0.4, -0.2) is 47.4 Å². The molecule has 3 N–H and O–H groups in total. The zero-order valence-corrected chi connectivity index (χ0v) is 57.0. The number of carbonyl (C=O) groups excluding carboxylic acids is 2. The summed E-state index contributed by atoms with van der Waals surface area (Å²) in [6.45, 7) is 5.02. The third-order valence-corrected chi connectivity index (χ3v) is 18.7.